The number of morpholine rings is 1. The highest BCUT2D eigenvalue weighted by molar-refractivity contribution is 7.89. The van der Waals surface area contributed by atoms with Gasteiger partial charge in [-0.15, -0.1) is 11.3 Å². The first-order valence-electron chi connectivity index (χ1n) is 8.57. The number of hydrogen-bond acceptors (Lipinski definition) is 7. The number of aromatic nitrogens is 1. The van der Waals surface area contributed by atoms with Crippen LogP contribution in [0.2, 0.25) is 0 Å². The molecule has 0 atom stereocenters. The molecule has 0 bridgehead atoms. The second-order valence-electron chi connectivity index (χ2n) is 6.03. The Kier molecular flexibility index (Phi) is 6.45. The Bertz CT molecular complexity index is 979. The third-order valence-electron chi connectivity index (χ3n) is 4.05. The smallest absolute Gasteiger partial charge is 0.250 e. The van der Waals surface area contributed by atoms with Crippen LogP contribution in [-0.4, -0.2) is 57.0 Å². The molecule has 1 aliphatic rings. The average molecular weight is 424 g/mol. The van der Waals surface area contributed by atoms with Crippen molar-refractivity contribution in [3.05, 3.63) is 40.9 Å². The van der Waals surface area contributed by atoms with Crippen LogP contribution in [0.3, 0.4) is 0 Å². The predicted molar refractivity (Wildman–Crippen MR) is 107 cm³/mol. The largest absolute Gasteiger partial charge is 0.495 e. The van der Waals surface area contributed by atoms with Crippen LogP contribution < -0.4 is 10.1 Å². The number of rotatable bonds is 6. The van der Waals surface area contributed by atoms with Crippen LogP contribution >= 0.6 is 11.3 Å². The Morgan fingerprint density at radius 3 is 2.75 bits per heavy atom. The number of methoxy groups -OCH3 is 1. The van der Waals surface area contributed by atoms with E-state index in [2.05, 4.69) is 10.3 Å². The number of sulfonamides is 1. The van der Waals surface area contributed by atoms with Crippen molar-refractivity contribution in [2.45, 2.75) is 11.8 Å². The lowest BCUT2D eigenvalue weighted by Crippen LogP contribution is -2.40. The van der Waals surface area contributed by atoms with Crippen LogP contribution in [0.4, 0.5) is 5.13 Å². The van der Waals surface area contributed by atoms with Gasteiger partial charge in [0.25, 0.3) is 0 Å². The summed E-state index contributed by atoms with van der Waals surface area (Å²) in [6.45, 7) is 3.20. The van der Waals surface area contributed by atoms with Gasteiger partial charge in [-0.25, -0.2) is 13.4 Å². The summed E-state index contributed by atoms with van der Waals surface area (Å²) in [5.74, 6) is -0.0888. The number of thiazole rings is 1. The quantitative estimate of drug-likeness (QED) is 0.715. The van der Waals surface area contributed by atoms with Gasteiger partial charge in [0.2, 0.25) is 15.9 Å². The van der Waals surface area contributed by atoms with E-state index in [1.54, 1.807) is 24.4 Å². The Morgan fingerprint density at radius 1 is 1.36 bits per heavy atom. The van der Waals surface area contributed by atoms with Crippen molar-refractivity contribution >= 4 is 38.5 Å². The summed E-state index contributed by atoms with van der Waals surface area (Å²) in [5.41, 5.74) is 0.568. The summed E-state index contributed by atoms with van der Waals surface area (Å²) < 4.78 is 37.8. The SMILES string of the molecule is COc1ccc(C=CC(=O)Nc2ncc(C)s2)cc1S(=O)(=O)N1CCOCC1. The molecule has 1 saturated heterocycles. The van der Waals surface area contributed by atoms with E-state index >= 15 is 0 Å². The standard InChI is InChI=1S/C18H21N3O5S2/c1-13-12-19-18(27-13)20-17(22)6-4-14-3-5-15(25-2)16(11-14)28(23,24)21-7-9-26-10-8-21/h3-6,11-12H,7-10H2,1-2H3,(H,19,20,22). The Morgan fingerprint density at radius 2 is 2.11 bits per heavy atom. The van der Waals surface area contributed by atoms with E-state index in [0.717, 1.165) is 4.88 Å². The molecule has 3 rings (SSSR count). The Hall–Kier alpha value is -2.27. The first kappa shape index (κ1) is 20.5. The molecular weight excluding hydrogens is 402 g/mol. The summed E-state index contributed by atoms with van der Waals surface area (Å²) in [4.78, 5) is 17.2. The first-order chi connectivity index (χ1) is 13.4. The highest BCUT2D eigenvalue weighted by atomic mass is 32.2. The van der Waals surface area contributed by atoms with Gasteiger partial charge in [-0.05, 0) is 30.7 Å². The average Bonchev–Trinajstić information content (AvgIpc) is 3.11. The fraction of sp³-hybridized carbons (Fsp3) is 0.333. The van der Waals surface area contributed by atoms with E-state index in [1.807, 2.05) is 6.92 Å². The van der Waals surface area contributed by atoms with E-state index < -0.39 is 10.0 Å². The number of hydrogen-bond donors (Lipinski definition) is 1. The van der Waals surface area contributed by atoms with E-state index in [4.69, 9.17) is 9.47 Å². The number of benzene rings is 1. The van der Waals surface area contributed by atoms with Crippen LogP contribution in [0.1, 0.15) is 10.4 Å². The molecule has 0 aliphatic carbocycles. The monoisotopic (exact) mass is 423 g/mol. The van der Waals surface area contributed by atoms with E-state index in [1.165, 1.54) is 34.9 Å². The molecule has 0 spiro atoms. The van der Waals surface area contributed by atoms with E-state index in [9.17, 15) is 13.2 Å². The molecule has 2 aromatic rings. The molecule has 150 valence electrons. The van der Waals surface area contributed by atoms with Gasteiger partial charge in [0.1, 0.15) is 10.6 Å². The van der Waals surface area contributed by atoms with Crippen molar-refractivity contribution in [1.82, 2.24) is 9.29 Å². The summed E-state index contributed by atoms with van der Waals surface area (Å²) >= 11 is 1.38. The topological polar surface area (TPSA) is 97.8 Å². The highest BCUT2D eigenvalue weighted by Gasteiger charge is 2.29. The van der Waals surface area contributed by atoms with Gasteiger partial charge in [-0.2, -0.15) is 4.31 Å². The molecule has 1 aromatic carbocycles. The van der Waals surface area contributed by atoms with Crippen LogP contribution in [0.5, 0.6) is 5.75 Å². The van der Waals surface area contributed by atoms with Crippen molar-refractivity contribution in [2.75, 3.05) is 38.7 Å². The predicted octanol–water partition coefficient (Wildman–Crippen LogP) is 2.13. The zero-order valence-electron chi connectivity index (χ0n) is 15.5. The zero-order chi connectivity index (χ0) is 20.1. The van der Waals surface area contributed by atoms with E-state index in [-0.39, 0.29) is 16.6 Å². The molecule has 1 N–H and O–H groups in total. The molecule has 1 aromatic heterocycles. The van der Waals surface area contributed by atoms with Crippen molar-refractivity contribution in [3.8, 4) is 5.75 Å². The summed E-state index contributed by atoms with van der Waals surface area (Å²) in [5, 5.41) is 3.18. The second-order valence-corrected chi connectivity index (χ2v) is 9.17. The lowest BCUT2D eigenvalue weighted by Gasteiger charge is -2.26. The molecule has 2 heterocycles. The summed E-state index contributed by atoms with van der Waals surface area (Å²) in [7, 11) is -2.30. The van der Waals surface area contributed by atoms with Gasteiger partial charge in [-0.1, -0.05) is 6.07 Å². The molecule has 8 nitrogen and oxygen atoms in total. The minimum Gasteiger partial charge on any atom is -0.495 e. The summed E-state index contributed by atoms with van der Waals surface area (Å²) in [6.07, 6.45) is 4.56. The van der Waals surface area contributed by atoms with Crippen molar-refractivity contribution < 1.29 is 22.7 Å². The van der Waals surface area contributed by atoms with Gasteiger partial charge in [0, 0.05) is 30.2 Å². The fourth-order valence-corrected chi connectivity index (χ4v) is 4.92. The highest BCUT2D eigenvalue weighted by Crippen LogP contribution is 2.29. The molecular formula is C18H21N3O5S2. The summed E-state index contributed by atoms with van der Waals surface area (Å²) in [6, 6.07) is 4.77. The third-order valence-corrected chi connectivity index (χ3v) is 6.80. The van der Waals surface area contributed by atoms with Crippen molar-refractivity contribution in [1.29, 1.82) is 0 Å². The maximum Gasteiger partial charge on any atom is 0.250 e. The normalized spacial score (nSPS) is 15.6. The van der Waals surface area contributed by atoms with Crippen LogP contribution in [0.25, 0.3) is 6.08 Å². The fourth-order valence-electron chi connectivity index (χ4n) is 2.66. The molecule has 1 fully saturated rings. The molecule has 28 heavy (non-hydrogen) atoms. The van der Waals surface area contributed by atoms with E-state index in [0.29, 0.717) is 37.0 Å². The third kappa shape index (κ3) is 4.76. The second kappa shape index (κ2) is 8.82. The van der Waals surface area contributed by atoms with Crippen LogP contribution in [-0.2, 0) is 19.6 Å². The number of carbonyl (C=O) groups excluding carboxylic acids is 1. The molecule has 0 saturated carbocycles. The van der Waals surface area contributed by atoms with Crippen LogP contribution in [0, 0.1) is 6.92 Å². The van der Waals surface area contributed by atoms with Crippen LogP contribution in [0.15, 0.2) is 35.4 Å². The van der Waals surface area contributed by atoms with Gasteiger partial charge >= 0.3 is 0 Å². The molecule has 1 aliphatic heterocycles. The number of ether oxygens (including phenoxy) is 2. The van der Waals surface area contributed by atoms with Crippen molar-refractivity contribution in [2.24, 2.45) is 0 Å². The van der Waals surface area contributed by atoms with Gasteiger partial charge < -0.3 is 9.47 Å². The Balaban J connectivity index is 1.81. The minimum atomic E-state index is -3.73. The van der Waals surface area contributed by atoms with Gasteiger partial charge in [0.15, 0.2) is 5.13 Å². The number of anilines is 1. The first-order valence-corrected chi connectivity index (χ1v) is 10.8. The molecule has 1 amide bonds. The molecule has 0 radical (unpaired) electrons. The lowest BCUT2D eigenvalue weighted by molar-refractivity contribution is -0.111. The molecule has 10 heteroatoms. The Labute approximate surface area is 167 Å². The van der Waals surface area contributed by atoms with Gasteiger partial charge in [0.05, 0.1) is 20.3 Å². The maximum absolute atomic E-state index is 13.0. The zero-order valence-corrected chi connectivity index (χ0v) is 17.2. The number of amides is 1. The number of nitrogens with one attached hydrogen (secondary N) is 1. The van der Waals surface area contributed by atoms with Crippen molar-refractivity contribution in [3.63, 3.8) is 0 Å². The number of aryl methyl sites for hydroxylation is 1. The molecule has 0 unspecified atom stereocenters. The number of carbonyl (C=O) groups is 1. The number of nitrogens with zero attached hydrogens (tertiary/aromatic N) is 2. The van der Waals surface area contributed by atoms with Gasteiger partial charge in [-0.3, -0.25) is 10.1 Å². The maximum atomic E-state index is 13.0. The lowest BCUT2D eigenvalue weighted by atomic mass is 10.2. The minimum absolute atomic E-state index is 0.0648.